The molecule has 0 aliphatic carbocycles. The van der Waals surface area contributed by atoms with E-state index < -0.39 is 0 Å². The van der Waals surface area contributed by atoms with Gasteiger partial charge in [0.25, 0.3) is 0 Å². The third-order valence-electron chi connectivity index (χ3n) is 2.22. The molecule has 0 aromatic heterocycles. The van der Waals surface area contributed by atoms with Crippen molar-refractivity contribution in [2.24, 2.45) is 0 Å². The number of hydrogen-bond acceptors (Lipinski definition) is 2. The topological polar surface area (TPSA) is 18.5 Å². The Kier molecular flexibility index (Phi) is 4.22. The normalized spacial score (nSPS) is 10.1. The van der Waals surface area contributed by atoms with Gasteiger partial charge in [-0.25, -0.2) is 0 Å². The second-order valence-electron chi connectivity index (χ2n) is 3.19. The first-order valence-corrected chi connectivity index (χ1v) is 5.00. The summed E-state index contributed by atoms with van der Waals surface area (Å²) in [4.78, 5) is 0. The van der Waals surface area contributed by atoms with Crippen LogP contribution < -0.4 is 9.47 Å². The molecule has 0 amide bonds. The lowest BCUT2D eigenvalue weighted by Crippen LogP contribution is -1.98. The molecule has 0 atom stereocenters. The van der Waals surface area contributed by atoms with Gasteiger partial charge < -0.3 is 9.47 Å². The first kappa shape index (κ1) is 11.6. The van der Waals surface area contributed by atoms with E-state index in [1.54, 1.807) is 7.11 Å². The van der Waals surface area contributed by atoms with Gasteiger partial charge in [0.15, 0.2) is 11.5 Å². The van der Waals surface area contributed by atoms with Gasteiger partial charge in [-0.2, -0.15) is 0 Å². The SMILES string of the molecule is C=C[C](C)c1ccc(OC)c(OCC)c1. The highest BCUT2D eigenvalue weighted by Crippen LogP contribution is 2.30. The Hall–Kier alpha value is -1.44. The molecule has 81 valence electrons. The molecule has 0 bridgehead atoms. The van der Waals surface area contributed by atoms with Gasteiger partial charge in [-0.15, -0.1) is 6.58 Å². The van der Waals surface area contributed by atoms with Gasteiger partial charge in [0.2, 0.25) is 0 Å². The minimum absolute atomic E-state index is 0.632. The molecule has 2 nitrogen and oxygen atoms in total. The van der Waals surface area contributed by atoms with Gasteiger partial charge >= 0.3 is 0 Å². The van der Waals surface area contributed by atoms with Gasteiger partial charge in [0.05, 0.1) is 13.7 Å². The van der Waals surface area contributed by atoms with Crippen molar-refractivity contribution >= 4 is 0 Å². The van der Waals surface area contributed by atoms with E-state index in [9.17, 15) is 0 Å². The van der Waals surface area contributed by atoms with Gasteiger partial charge in [-0.3, -0.25) is 0 Å². The molecule has 0 spiro atoms. The zero-order valence-corrected chi connectivity index (χ0v) is 9.54. The first-order chi connectivity index (χ1) is 7.22. The van der Waals surface area contributed by atoms with Crippen LogP contribution in [0.5, 0.6) is 11.5 Å². The van der Waals surface area contributed by atoms with Crippen LogP contribution in [0.4, 0.5) is 0 Å². The minimum atomic E-state index is 0.632. The molecule has 0 saturated carbocycles. The van der Waals surface area contributed by atoms with Crippen LogP contribution >= 0.6 is 0 Å². The van der Waals surface area contributed by atoms with Gasteiger partial charge in [0.1, 0.15) is 0 Å². The number of methoxy groups -OCH3 is 1. The van der Waals surface area contributed by atoms with E-state index in [4.69, 9.17) is 9.47 Å². The predicted octanol–water partition coefficient (Wildman–Crippen LogP) is 3.22. The van der Waals surface area contributed by atoms with Crippen LogP contribution in [0.25, 0.3) is 0 Å². The van der Waals surface area contributed by atoms with Crippen molar-refractivity contribution in [1.82, 2.24) is 0 Å². The molecule has 0 unspecified atom stereocenters. The van der Waals surface area contributed by atoms with E-state index in [0.29, 0.717) is 6.61 Å². The van der Waals surface area contributed by atoms with Crippen LogP contribution in [0.15, 0.2) is 30.9 Å². The van der Waals surface area contributed by atoms with Crippen molar-refractivity contribution in [3.8, 4) is 11.5 Å². The smallest absolute Gasteiger partial charge is 0.161 e. The largest absolute Gasteiger partial charge is 0.493 e. The average Bonchev–Trinajstić information content (AvgIpc) is 2.28. The molecular weight excluding hydrogens is 188 g/mol. The van der Waals surface area contributed by atoms with E-state index in [2.05, 4.69) is 6.58 Å². The maximum atomic E-state index is 5.49. The summed E-state index contributed by atoms with van der Waals surface area (Å²) in [5, 5.41) is 0. The van der Waals surface area contributed by atoms with E-state index in [1.165, 1.54) is 0 Å². The fourth-order valence-corrected chi connectivity index (χ4v) is 1.31. The summed E-state index contributed by atoms with van der Waals surface area (Å²) in [5.41, 5.74) is 1.11. The van der Waals surface area contributed by atoms with Crippen molar-refractivity contribution < 1.29 is 9.47 Å². The Morgan fingerprint density at radius 1 is 1.40 bits per heavy atom. The number of ether oxygens (including phenoxy) is 2. The Morgan fingerprint density at radius 3 is 2.67 bits per heavy atom. The molecule has 0 fully saturated rings. The predicted molar refractivity (Wildman–Crippen MR) is 62.4 cm³/mol. The second-order valence-corrected chi connectivity index (χ2v) is 3.19. The monoisotopic (exact) mass is 205 g/mol. The van der Waals surface area contributed by atoms with Crippen molar-refractivity contribution in [3.63, 3.8) is 0 Å². The number of hydrogen-bond donors (Lipinski definition) is 0. The molecule has 0 aliphatic heterocycles. The van der Waals surface area contributed by atoms with E-state index in [0.717, 1.165) is 23.0 Å². The summed E-state index contributed by atoms with van der Waals surface area (Å²) in [7, 11) is 1.64. The Balaban J connectivity index is 3.03. The molecule has 0 N–H and O–H groups in total. The summed E-state index contributed by atoms with van der Waals surface area (Å²) in [6, 6.07) is 5.88. The zero-order chi connectivity index (χ0) is 11.3. The Morgan fingerprint density at radius 2 is 2.13 bits per heavy atom. The Bertz CT molecular complexity index is 331. The van der Waals surface area contributed by atoms with Crippen molar-refractivity contribution in [1.29, 1.82) is 0 Å². The molecule has 2 heteroatoms. The molecular formula is C13H17O2. The standard InChI is InChI=1S/C13H17O2/c1-5-10(3)11-7-8-12(14-4)13(9-11)15-6-2/h5,7-9H,1,6H2,2-4H3. The molecule has 0 saturated heterocycles. The maximum absolute atomic E-state index is 5.49. The van der Waals surface area contributed by atoms with Crippen LogP contribution in [0, 0.1) is 5.92 Å². The molecule has 0 aliphatic rings. The lowest BCUT2D eigenvalue weighted by Gasteiger charge is -2.12. The first-order valence-electron chi connectivity index (χ1n) is 5.00. The minimum Gasteiger partial charge on any atom is -0.493 e. The fourth-order valence-electron chi connectivity index (χ4n) is 1.31. The van der Waals surface area contributed by atoms with E-state index in [-0.39, 0.29) is 0 Å². The highest BCUT2D eigenvalue weighted by molar-refractivity contribution is 5.48. The van der Waals surface area contributed by atoms with Gasteiger partial charge in [-0.1, -0.05) is 19.1 Å². The summed E-state index contributed by atoms with van der Waals surface area (Å²) in [6.45, 7) is 8.35. The molecule has 1 aromatic rings. The number of rotatable bonds is 5. The second kappa shape index (κ2) is 5.44. The van der Waals surface area contributed by atoms with Crippen molar-refractivity contribution in [2.45, 2.75) is 13.8 Å². The summed E-state index contributed by atoms with van der Waals surface area (Å²) in [6.07, 6.45) is 1.83. The van der Waals surface area contributed by atoms with Crippen molar-refractivity contribution in [2.75, 3.05) is 13.7 Å². The molecule has 0 heterocycles. The molecule has 1 aromatic carbocycles. The zero-order valence-electron chi connectivity index (χ0n) is 9.54. The summed E-state index contributed by atoms with van der Waals surface area (Å²) >= 11 is 0. The van der Waals surface area contributed by atoms with Gasteiger partial charge in [0, 0.05) is 5.92 Å². The average molecular weight is 205 g/mol. The van der Waals surface area contributed by atoms with Crippen LogP contribution in [0.2, 0.25) is 0 Å². The third-order valence-corrected chi connectivity index (χ3v) is 2.22. The number of allylic oxidation sites excluding steroid dienone is 1. The lowest BCUT2D eigenvalue weighted by atomic mass is 10.0. The highest BCUT2D eigenvalue weighted by Gasteiger charge is 2.08. The molecule has 15 heavy (non-hydrogen) atoms. The van der Waals surface area contributed by atoms with Gasteiger partial charge in [-0.05, 0) is 24.6 Å². The van der Waals surface area contributed by atoms with Crippen LogP contribution in [0.1, 0.15) is 19.4 Å². The highest BCUT2D eigenvalue weighted by atomic mass is 16.5. The Labute approximate surface area is 91.5 Å². The molecule has 1 radical (unpaired) electrons. The van der Waals surface area contributed by atoms with Crippen LogP contribution in [-0.4, -0.2) is 13.7 Å². The van der Waals surface area contributed by atoms with E-state index in [1.807, 2.05) is 38.1 Å². The number of benzene rings is 1. The van der Waals surface area contributed by atoms with Crippen LogP contribution in [-0.2, 0) is 0 Å². The van der Waals surface area contributed by atoms with E-state index >= 15 is 0 Å². The fraction of sp³-hybridized carbons (Fsp3) is 0.308. The third kappa shape index (κ3) is 2.75. The van der Waals surface area contributed by atoms with Crippen molar-refractivity contribution in [3.05, 3.63) is 42.3 Å². The van der Waals surface area contributed by atoms with Crippen LogP contribution in [0.3, 0.4) is 0 Å². The summed E-state index contributed by atoms with van der Waals surface area (Å²) < 4.78 is 10.7. The quantitative estimate of drug-likeness (QED) is 0.734. The summed E-state index contributed by atoms with van der Waals surface area (Å²) in [5.74, 6) is 2.66. The maximum Gasteiger partial charge on any atom is 0.161 e. The lowest BCUT2D eigenvalue weighted by molar-refractivity contribution is 0.310. The molecule has 1 rings (SSSR count).